The summed E-state index contributed by atoms with van der Waals surface area (Å²) in [5.41, 5.74) is 11.4. The number of pyridine rings is 1. The van der Waals surface area contributed by atoms with Crippen LogP contribution < -0.4 is 10.6 Å². The van der Waals surface area contributed by atoms with Gasteiger partial charge in [0.05, 0.1) is 22.2 Å². The van der Waals surface area contributed by atoms with Crippen molar-refractivity contribution >= 4 is 61.7 Å². The Morgan fingerprint density at radius 3 is 1.87 bits per heavy atom. The Hall–Kier alpha value is -6.07. The number of anilines is 4. The Labute approximate surface area is 267 Å². The van der Waals surface area contributed by atoms with Crippen LogP contribution in [0, 0.1) is 0 Å². The van der Waals surface area contributed by atoms with Crippen molar-refractivity contribution in [2.75, 3.05) is 10.6 Å². The van der Waals surface area contributed by atoms with Gasteiger partial charge in [0, 0.05) is 56.4 Å². The van der Waals surface area contributed by atoms with Crippen molar-refractivity contribution < 1.29 is 0 Å². The number of aromatic nitrogens is 3. The van der Waals surface area contributed by atoms with Crippen molar-refractivity contribution in [3.8, 4) is 11.4 Å². The number of nitrogens with one attached hydrogen (secondary N) is 2. The fourth-order valence-corrected chi connectivity index (χ4v) is 7.01. The molecular weight excluding hydrogens is 562 g/mol. The van der Waals surface area contributed by atoms with Crippen molar-refractivity contribution in [3.63, 3.8) is 0 Å². The van der Waals surface area contributed by atoms with E-state index in [2.05, 4.69) is 159 Å². The van der Waals surface area contributed by atoms with Gasteiger partial charge < -0.3 is 19.8 Å². The number of rotatable bonds is 6. The first-order valence-corrected chi connectivity index (χ1v) is 15.8. The van der Waals surface area contributed by atoms with Gasteiger partial charge in [0.2, 0.25) is 0 Å². The molecule has 8 aromatic rings. The van der Waals surface area contributed by atoms with E-state index in [0.29, 0.717) is 0 Å². The van der Waals surface area contributed by atoms with E-state index in [-0.39, 0.29) is 0 Å². The quantitative estimate of drug-likeness (QED) is 0.202. The average molecular weight is 594 g/mol. The van der Waals surface area contributed by atoms with E-state index < -0.39 is 0 Å². The highest BCUT2D eigenvalue weighted by Crippen LogP contribution is 2.36. The molecule has 3 heterocycles. The number of hydrogen-bond acceptors (Lipinski definition) is 3. The third-order valence-electron chi connectivity index (χ3n) is 8.99. The van der Waals surface area contributed by atoms with Crippen LogP contribution >= 0.6 is 0 Å². The molecule has 2 N–H and O–H groups in total. The molecule has 0 spiro atoms. The molecule has 1 aliphatic rings. The van der Waals surface area contributed by atoms with Crippen LogP contribution in [0.1, 0.15) is 17.7 Å². The average Bonchev–Trinajstić information content (AvgIpc) is 3.63. The number of allylic oxidation sites excluding steroid dienone is 1. The van der Waals surface area contributed by atoms with E-state index in [1.165, 1.54) is 44.0 Å². The van der Waals surface area contributed by atoms with E-state index in [1.807, 2.05) is 12.3 Å². The lowest BCUT2D eigenvalue weighted by Crippen LogP contribution is -2.04. The summed E-state index contributed by atoms with van der Waals surface area (Å²) >= 11 is 0. The second-order valence-corrected chi connectivity index (χ2v) is 11.8. The van der Waals surface area contributed by atoms with Gasteiger partial charge in [-0.25, -0.2) is 4.98 Å². The standard InChI is InChI=1S/C41H31N5/c1-5-21-37-32(16-1)33-17-2-6-22-38(33)45(37)30-14-9-12-28(26-30)43-36-20-11-25-42-41(36)44-29-13-10-15-31(27-29)46-39-23-7-3-18-34(39)35-19-4-8-24-40(35)46/h1-7,9-23,25-27,43H,8,24H2,(H,42,44). The lowest BCUT2D eigenvalue weighted by molar-refractivity contribution is 0.889. The number of nitrogens with zero attached hydrogens (tertiary/aromatic N) is 3. The van der Waals surface area contributed by atoms with Gasteiger partial charge >= 0.3 is 0 Å². The van der Waals surface area contributed by atoms with Crippen LogP contribution in [0.2, 0.25) is 0 Å². The molecule has 9 rings (SSSR count). The predicted octanol–water partition coefficient (Wildman–Crippen LogP) is 10.6. The number of benzene rings is 5. The molecular formula is C41H31N5. The summed E-state index contributed by atoms with van der Waals surface area (Å²) in [5.74, 6) is 0.768. The molecule has 1 aliphatic carbocycles. The summed E-state index contributed by atoms with van der Waals surface area (Å²) in [4.78, 5) is 4.74. The molecule has 0 fully saturated rings. The summed E-state index contributed by atoms with van der Waals surface area (Å²) in [6, 6.07) is 47.1. The molecule has 0 saturated carbocycles. The molecule has 0 unspecified atom stereocenters. The Balaban J connectivity index is 1.06. The molecule has 0 radical (unpaired) electrons. The molecule has 46 heavy (non-hydrogen) atoms. The monoisotopic (exact) mass is 593 g/mol. The lowest BCUT2D eigenvalue weighted by atomic mass is 10.0. The molecule has 0 aliphatic heterocycles. The fraction of sp³-hybridized carbons (Fsp3) is 0.0488. The minimum atomic E-state index is 0.768. The Kier molecular flexibility index (Phi) is 6.20. The van der Waals surface area contributed by atoms with E-state index in [0.717, 1.165) is 47.1 Å². The van der Waals surface area contributed by atoms with Crippen molar-refractivity contribution in [1.82, 2.24) is 14.1 Å². The molecule has 0 saturated heterocycles. The first kappa shape index (κ1) is 26.3. The largest absolute Gasteiger partial charge is 0.352 e. The maximum atomic E-state index is 4.74. The Morgan fingerprint density at radius 1 is 0.543 bits per heavy atom. The SMILES string of the molecule is C1=Cc2c(n(-c3cccc(Nc4ncccc4Nc4cccc(-n5c6ccccc6c6ccccc65)c4)c3)c3ccccc23)CC1. The van der Waals surface area contributed by atoms with Crippen LogP contribution in [0.15, 0.2) is 146 Å². The van der Waals surface area contributed by atoms with Crippen LogP contribution in [0.3, 0.4) is 0 Å². The summed E-state index contributed by atoms with van der Waals surface area (Å²) < 4.78 is 4.75. The number of fused-ring (bicyclic) bond motifs is 6. The van der Waals surface area contributed by atoms with Gasteiger partial charge in [0.15, 0.2) is 5.82 Å². The number of para-hydroxylation sites is 3. The second kappa shape index (κ2) is 10.8. The smallest absolute Gasteiger partial charge is 0.154 e. The van der Waals surface area contributed by atoms with Crippen LogP contribution in [-0.2, 0) is 6.42 Å². The van der Waals surface area contributed by atoms with Crippen LogP contribution in [0.5, 0.6) is 0 Å². The third kappa shape index (κ3) is 4.36. The fourth-order valence-electron chi connectivity index (χ4n) is 7.01. The molecule has 5 aromatic carbocycles. The summed E-state index contributed by atoms with van der Waals surface area (Å²) in [7, 11) is 0. The summed E-state index contributed by atoms with van der Waals surface area (Å²) in [6.45, 7) is 0. The van der Waals surface area contributed by atoms with Crippen molar-refractivity contribution in [1.29, 1.82) is 0 Å². The topological polar surface area (TPSA) is 46.8 Å². The van der Waals surface area contributed by atoms with Gasteiger partial charge in [-0.1, -0.05) is 78.9 Å². The zero-order valence-corrected chi connectivity index (χ0v) is 25.2. The van der Waals surface area contributed by atoms with Gasteiger partial charge in [-0.3, -0.25) is 0 Å². The maximum absolute atomic E-state index is 4.74. The summed E-state index contributed by atoms with van der Waals surface area (Å²) in [6.07, 6.45) is 8.48. The zero-order chi connectivity index (χ0) is 30.5. The molecule has 220 valence electrons. The highest BCUT2D eigenvalue weighted by Gasteiger charge is 2.18. The van der Waals surface area contributed by atoms with Crippen molar-refractivity contribution in [2.45, 2.75) is 12.8 Å². The van der Waals surface area contributed by atoms with Crippen molar-refractivity contribution in [3.05, 3.63) is 157 Å². The van der Waals surface area contributed by atoms with E-state index in [1.54, 1.807) is 0 Å². The van der Waals surface area contributed by atoms with Gasteiger partial charge in [-0.15, -0.1) is 0 Å². The zero-order valence-electron chi connectivity index (χ0n) is 25.2. The van der Waals surface area contributed by atoms with Gasteiger partial charge in [-0.2, -0.15) is 0 Å². The van der Waals surface area contributed by atoms with Crippen molar-refractivity contribution in [2.24, 2.45) is 0 Å². The maximum Gasteiger partial charge on any atom is 0.154 e. The molecule has 3 aromatic heterocycles. The van der Waals surface area contributed by atoms with Gasteiger partial charge in [0.1, 0.15) is 0 Å². The Morgan fingerprint density at radius 2 is 1.15 bits per heavy atom. The number of hydrogen-bond donors (Lipinski definition) is 2. The van der Waals surface area contributed by atoms with Crippen LogP contribution in [-0.4, -0.2) is 14.1 Å². The van der Waals surface area contributed by atoms with Crippen LogP contribution in [0.4, 0.5) is 22.9 Å². The normalized spacial score (nSPS) is 12.5. The van der Waals surface area contributed by atoms with Gasteiger partial charge in [-0.05, 0) is 79.6 Å². The molecule has 5 heteroatoms. The minimum Gasteiger partial charge on any atom is -0.352 e. The summed E-state index contributed by atoms with van der Waals surface area (Å²) in [5, 5.41) is 11.1. The van der Waals surface area contributed by atoms with E-state index >= 15 is 0 Å². The van der Waals surface area contributed by atoms with E-state index in [4.69, 9.17) is 4.98 Å². The predicted molar refractivity (Wildman–Crippen MR) is 192 cm³/mol. The Bertz CT molecular complexity index is 2390. The second-order valence-electron chi connectivity index (χ2n) is 11.8. The van der Waals surface area contributed by atoms with Crippen LogP contribution in [0.25, 0.3) is 50.2 Å². The van der Waals surface area contributed by atoms with Gasteiger partial charge in [0.25, 0.3) is 0 Å². The first-order chi connectivity index (χ1) is 22.8. The molecule has 0 amide bonds. The first-order valence-electron chi connectivity index (χ1n) is 15.8. The molecule has 5 nitrogen and oxygen atoms in total. The lowest BCUT2D eigenvalue weighted by Gasteiger charge is -2.16. The molecule has 0 atom stereocenters. The highest BCUT2D eigenvalue weighted by molar-refractivity contribution is 6.09. The minimum absolute atomic E-state index is 0.768. The van der Waals surface area contributed by atoms with E-state index in [9.17, 15) is 0 Å². The molecule has 0 bridgehead atoms. The highest BCUT2D eigenvalue weighted by atomic mass is 15.1. The third-order valence-corrected chi connectivity index (χ3v) is 8.99.